The fraction of sp³-hybridized carbons (Fsp3) is 0.684. The van der Waals surface area contributed by atoms with Gasteiger partial charge in [0.2, 0.25) is 5.91 Å². The van der Waals surface area contributed by atoms with Crippen LogP contribution in [0, 0.1) is 5.41 Å². The second-order valence-electron chi connectivity index (χ2n) is 7.31. The molecule has 25 heavy (non-hydrogen) atoms. The van der Waals surface area contributed by atoms with Gasteiger partial charge in [-0.25, -0.2) is 0 Å². The molecule has 1 aromatic heterocycles. The minimum atomic E-state index is 0.221. The average molecular weight is 347 g/mol. The number of piperidine rings is 2. The lowest BCUT2D eigenvalue weighted by atomic mass is 9.73. The van der Waals surface area contributed by atoms with E-state index in [-0.39, 0.29) is 11.3 Å². The van der Waals surface area contributed by atoms with Crippen LogP contribution in [-0.2, 0) is 16.1 Å². The van der Waals surface area contributed by atoms with Crippen molar-refractivity contribution in [2.75, 3.05) is 47.0 Å². The van der Waals surface area contributed by atoms with Crippen molar-refractivity contribution in [3.63, 3.8) is 0 Å². The van der Waals surface area contributed by atoms with Crippen LogP contribution in [0.5, 0.6) is 5.75 Å². The summed E-state index contributed by atoms with van der Waals surface area (Å²) in [6, 6.07) is 3.89. The molecule has 0 aromatic carbocycles. The zero-order chi connectivity index (χ0) is 17.7. The van der Waals surface area contributed by atoms with Crippen LogP contribution in [-0.4, -0.2) is 67.7 Å². The third kappa shape index (κ3) is 4.50. The summed E-state index contributed by atoms with van der Waals surface area (Å²) >= 11 is 0. The van der Waals surface area contributed by atoms with Gasteiger partial charge in [-0.3, -0.25) is 14.7 Å². The molecule has 0 N–H and O–H groups in total. The predicted octanol–water partition coefficient (Wildman–Crippen LogP) is 1.94. The third-order valence-electron chi connectivity index (χ3n) is 5.46. The zero-order valence-electron chi connectivity index (χ0n) is 15.4. The Hall–Kier alpha value is -1.66. The molecule has 1 amide bonds. The number of pyridine rings is 1. The van der Waals surface area contributed by atoms with Crippen molar-refractivity contribution >= 4 is 5.91 Å². The van der Waals surface area contributed by atoms with Crippen LogP contribution >= 0.6 is 0 Å². The highest BCUT2D eigenvalue weighted by molar-refractivity contribution is 5.77. The van der Waals surface area contributed by atoms with E-state index in [1.54, 1.807) is 20.4 Å². The van der Waals surface area contributed by atoms with Crippen LogP contribution < -0.4 is 4.74 Å². The molecule has 0 unspecified atom stereocenters. The van der Waals surface area contributed by atoms with E-state index < -0.39 is 0 Å². The molecule has 0 saturated carbocycles. The van der Waals surface area contributed by atoms with Gasteiger partial charge < -0.3 is 14.4 Å². The van der Waals surface area contributed by atoms with Crippen molar-refractivity contribution in [3.8, 4) is 5.75 Å². The number of ether oxygens (including phenoxy) is 2. The number of likely N-dealkylation sites (tertiary alicyclic amines) is 2. The normalized spacial score (nSPS) is 24.7. The zero-order valence-corrected chi connectivity index (χ0v) is 15.4. The van der Waals surface area contributed by atoms with Crippen LogP contribution in [0.25, 0.3) is 0 Å². The molecule has 1 aromatic rings. The van der Waals surface area contributed by atoms with Gasteiger partial charge in [-0.2, -0.15) is 0 Å². The fourth-order valence-corrected chi connectivity index (χ4v) is 4.18. The molecule has 0 radical (unpaired) electrons. The first-order valence-corrected chi connectivity index (χ1v) is 9.12. The second kappa shape index (κ2) is 8.15. The molecular weight excluding hydrogens is 318 g/mol. The lowest BCUT2D eigenvalue weighted by Gasteiger charge is -2.48. The number of methoxy groups -OCH3 is 2. The molecular formula is C19H29N3O3. The molecule has 2 aliphatic heterocycles. The highest BCUT2D eigenvalue weighted by Crippen LogP contribution is 2.39. The van der Waals surface area contributed by atoms with Crippen molar-refractivity contribution in [3.05, 3.63) is 24.0 Å². The Balaban J connectivity index is 1.64. The van der Waals surface area contributed by atoms with E-state index in [9.17, 15) is 4.79 Å². The first-order chi connectivity index (χ1) is 12.1. The molecule has 0 aliphatic carbocycles. The van der Waals surface area contributed by atoms with Crippen molar-refractivity contribution in [1.29, 1.82) is 0 Å². The first kappa shape index (κ1) is 18.1. The number of hydrogen-bond acceptors (Lipinski definition) is 5. The summed E-state index contributed by atoms with van der Waals surface area (Å²) in [4.78, 5) is 21.2. The van der Waals surface area contributed by atoms with E-state index >= 15 is 0 Å². The van der Waals surface area contributed by atoms with Gasteiger partial charge in [0.15, 0.2) is 0 Å². The molecule has 2 fully saturated rings. The van der Waals surface area contributed by atoms with Crippen LogP contribution in [0.15, 0.2) is 18.3 Å². The summed E-state index contributed by atoms with van der Waals surface area (Å²) in [5.41, 5.74) is 1.26. The quantitative estimate of drug-likeness (QED) is 0.787. The Morgan fingerprint density at radius 2 is 2.16 bits per heavy atom. The van der Waals surface area contributed by atoms with Gasteiger partial charge in [0.25, 0.3) is 0 Å². The van der Waals surface area contributed by atoms with Gasteiger partial charge in [0.05, 0.1) is 19.4 Å². The fourth-order valence-electron chi connectivity index (χ4n) is 4.18. The maximum Gasteiger partial charge on any atom is 0.222 e. The predicted molar refractivity (Wildman–Crippen MR) is 95.4 cm³/mol. The Kier molecular flexibility index (Phi) is 5.91. The van der Waals surface area contributed by atoms with Gasteiger partial charge in [0.1, 0.15) is 5.75 Å². The molecule has 138 valence electrons. The van der Waals surface area contributed by atoms with Gasteiger partial charge >= 0.3 is 0 Å². The summed E-state index contributed by atoms with van der Waals surface area (Å²) in [5, 5.41) is 0. The first-order valence-electron chi connectivity index (χ1n) is 9.12. The van der Waals surface area contributed by atoms with Gasteiger partial charge in [-0.15, -0.1) is 0 Å². The van der Waals surface area contributed by atoms with E-state index in [4.69, 9.17) is 9.47 Å². The summed E-state index contributed by atoms with van der Waals surface area (Å²) in [6.07, 6.45) is 5.84. The summed E-state index contributed by atoms with van der Waals surface area (Å²) in [7, 11) is 3.37. The number of hydrogen-bond donors (Lipinski definition) is 0. The summed E-state index contributed by atoms with van der Waals surface area (Å²) in [5.74, 6) is 1.12. The van der Waals surface area contributed by atoms with E-state index in [0.717, 1.165) is 44.0 Å². The SMILES string of the molecule is COCCN1C[C@]2(CCCN(Cc3cc(OC)ccn3)C2)CCC1=O. The van der Waals surface area contributed by atoms with Crippen LogP contribution in [0.4, 0.5) is 0 Å². The van der Waals surface area contributed by atoms with Crippen LogP contribution in [0.2, 0.25) is 0 Å². The maximum atomic E-state index is 12.2. The van der Waals surface area contributed by atoms with Crippen molar-refractivity contribution in [2.24, 2.45) is 5.41 Å². The molecule has 6 heteroatoms. The largest absolute Gasteiger partial charge is 0.497 e. The van der Waals surface area contributed by atoms with Crippen molar-refractivity contribution in [1.82, 2.24) is 14.8 Å². The molecule has 0 bridgehead atoms. The van der Waals surface area contributed by atoms with Gasteiger partial charge in [0, 0.05) is 57.4 Å². The average Bonchev–Trinajstić information content (AvgIpc) is 2.63. The molecule has 1 atom stereocenters. The Bertz CT molecular complexity index is 595. The molecule has 1 spiro atoms. The number of aromatic nitrogens is 1. The number of amides is 1. The summed E-state index contributed by atoms with van der Waals surface area (Å²) in [6.45, 7) is 5.13. The monoisotopic (exact) mass is 347 g/mol. The minimum Gasteiger partial charge on any atom is -0.497 e. The number of rotatable bonds is 6. The topological polar surface area (TPSA) is 54.9 Å². The van der Waals surface area contributed by atoms with Crippen molar-refractivity contribution in [2.45, 2.75) is 32.2 Å². The van der Waals surface area contributed by atoms with Gasteiger partial charge in [-0.05, 0) is 31.9 Å². The Morgan fingerprint density at radius 1 is 1.28 bits per heavy atom. The molecule has 2 saturated heterocycles. The third-order valence-corrected chi connectivity index (χ3v) is 5.46. The molecule has 2 aliphatic rings. The molecule has 3 heterocycles. The summed E-state index contributed by atoms with van der Waals surface area (Å²) < 4.78 is 10.5. The number of carbonyl (C=O) groups is 1. The van der Waals surface area contributed by atoms with E-state index in [1.165, 1.54) is 12.8 Å². The molecule has 6 nitrogen and oxygen atoms in total. The lowest BCUT2D eigenvalue weighted by molar-refractivity contribution is -0.140. The maximum absolute atomic E-state index is 12.2. The minimum absolute atomic E-state index is 0.221. The Labute approximate surface area is 150 Å². The number of nitrogens with zero attached hydrogens (tertiary/aromatic N) is 3. The second-order valence-corrected chi connectivity index (χ2v) is 7.31. The lowest BCUT2D eigenvalue weighted by Crippen LogP contribution is -2.54. The van der Waals surface area contributed by atoms with E-state index in [2.05, 4.69) is 9.88 Å². The highest BCUT2D eigenvalue weighted by atomic mass is 16.5. The smallest absolute Gasteiger partial charge is 0.222 e. The van der Waals surface area contributed by atoms with E-state index in [1.807, 2.05) is 17.0 Å². The van der Waals surface area contributed by atoms with Crippen LogP contribution in [0.3, 0.4) is 0 Å². The molecule has 3 rings (SSSR count). The van der Waals surface area contributed by atoms with Crippen LogP contribution in [0.1, 0.15) is 31.4 Å². The van der Waals surface area contributed by atoms with E-state index in [0.29, 0.717) is 19.6 Å². The van der Waals surface area contributed by atoms with Gasteiger partial charge in [-0.1, -0.05) is 0 Å². The Morgan fingerprint density at radius 3 is 2.96 bits per heavy atom. The number of carbonyl (C=O) groups excluding carboxylic acids is 1. The standard InChI is InChI=1S/C19H29N3O3/c1-24-11-10-22-15-19(7-4-18(22)23)6-3-9-21(14-19)13-16-12-17(25-2)5-8-20-16/h5,8,12H,3-4,6-7,9-11,13-15H2,1-2H3/t19-/m1/s1. The van der Waals surface area contributed by atoms with Crippen molar-refractivity contribution < 1.29 is 14.3 Å². The highest BCUT2D eigenvalue weighted by Gasteiger charge is 2.41.